The summed E-state index contributed by atoms with van der Waals surface area (Å²) in [5.41, 5.74) is 4.26. The number of aliphatic carboxylic acids is 1. The summed E-state index contributed by atoms with van der Waals surface area (Å²) in [5, 5.41) is 9.32. The number of amides is 1. The Morgan fingerprint density at radius 2 is 1.69 bits per heavy atom. The molecule has 1 saturated carbocycles. The molecule has 2 aromatic carbocycles. The Morgan fingerprint density at radius 3 is 2.24 bits per heavy atom. The summed E-state index contributed by atoms with van der Waals surface area (Å²) in [7, 11) is 0. The molecule has 2 fully saturated rings. The van der Waals surface area contributed by atoms with Gasteiger partial charge >= 0.3 is 12.1 Å². The van der Waals surface area contributed by atoms with E-state index in [9.17, 15) is 14.7 Å². The lowest BCUT2D eigenvalue weighted by Gasteiger charge is -2.52. The zero-order chi connectivity index (χ0) is 20.0. The van der Waals surface area contributed by atoms with Crippen LogP contribution in [0.3, 0.4) is 0 Å². The van der Waals surface area contributed by atoms with Crippen molar-refractivity contribution in [2.45, 2.75) is 36.8 Å². The normalized spacial score (nSPS) is 21.9. The highest BCUT2D eigenvalue weighted by molar-refractivity contribution is 5.79. The number of ether oxygens (including phenoxy) is 2. The molecule has 5 rings (SSSR count). The van der Waals surface area contributed by atoms with Gasteiger partial charge in [-0.1, -0.05) is 48.5 Å². The highest BCUT2D eigenvalue weighted by Gasteiger charge is 2.51. The number of rotatable bonds is 3. The molecule has 0 aromatic heterocycles. The Bertz CT molecular complexity index is 922. The molecule has 6 nitrogen and oxygen atoms in total. The van der Waals surface area contributed by atoms with Crippen LogP contribution in [0.1, 0.15) is 36.3 Å². The van der Waals surface area contributed by atoms with E-state index >= 15 is 0 Å². The van der Waals surface area contributed by atoms with Gasteiger partial charge in [-0.05, 0) is 41.5 Å². The minimum Gasteiger partial charge on any atom is -0.479 e. The second-order valence-corrected chi connectivity index (χ2v) is 8.13. The molecule has 1 unspecified atom stereocenters. The van der Waals surface area contributed by atoms with Crippen molar-refractivity contribution in [2.24, 2.45) is 0 Å². The molecule has 6 heteroatoms. The summed E-state index contributed by atoms with van der Waals surface area (Å²) < 4.78 is 11.3. The first-order valence-corrected chi connectivity index (χ1v) is 10.1. The van der Waals surface area contributed by atoms with Gasteiger partial charge in [0.05, 0.1) is 18.7 Å². The molecule has 0 radical (unpaired) electrons. The molecule has 2 aliphatic carbocycles. The summed E-state index contributed by atoms with van der Waals surface area (Å²) in [4.78, 5) is 26.0. The maximum atomic E-state index is 13.0. The number of carbonyl (C=O) groups excluding carboxylic acids is 1. The van der Waals surface area contributed by atoms with Gasteiger partial charge in [0.2, 0.25) is 0 Å². The van der Waals surface area contributed by atoms with Gasteiger partial charge < -0.3 is 14.6 Å². The first-order chi connectivity index (χ1) is 14.1. The lowest BCUT2D eigenvalue weighted by atomic mass is 9.75. The summed E-state index contributed by atoms with van der Waals surface area (Å²) in [6.07, 6.45) is 1.21. The SMILES string of the molecule is O=C(O)C1CN(C(=O)OCC2c3ccccc3-c3ccccc32)C2(CCC2)CO1. The first-order valence-electron chi connectivity index (χ1n) is 10.1. The second kappa shape index (κ2) is 6.88. The van der Waals surface area contributed by atoms with E-state index in [-0.39, 0.29) is 25.7 Å². The standard InChI is InChI=1S/C23H23NO5/c25-21(26)20-12-24(23(14-29-20)10-5-11-23)22(27)28-13-19-17-8-3-1-6-15(17)16-7-2-4-9-18(16)19/h1-4,6-9,19-20H,5,10-14H2,(H,25,26). The molecule has 3 aliphatic rings. The van der Waals surface area contributed by atoms with E-state index in [4.69, 9.17) is 9.47 Å². The first kappa shape index (κ1) is 18.2. The number of hydrogen-bond donors (Lipinski definition) is 1. The monoisotopic (exact) mass is 393 g/mol. The Balaban J connectivity index is 1.36. The van der Waals surface area contributed by atoms with Crippen LogP contribution in [0.2, 0.25) is 0 Å². The molecule has 1 N–H and O–H groups in total. The highest BCUT2D eigenvalue weighted by Crippen LogP contribution is 2.45. The summed E-state index contributed by atoms with van der Waals surface area (Å²) >= 11 is 0. The fourth-order valence-corrected chi connectivity index (χ4v) is 4.83. The molecule has 2 aromatic rings. The number of nitrogens with zero attached hydrogens (tertiary/aromatic N) is 1. The van der Waals surface area contributed by atoms with E-state index in [2.05, 4.69) is 24.3 Å². The topological polar surface area (TPSA) is 76.1 Å². The molecule has 1 heterocycles. The van der Waals surface area contributed by atoms with E-state index in [1.807, 2.05) is 24.3 Å². The molecule has 1 saturated heterocycles. The number of fused-ring (bicyclic) bond motifs is 3. The quantitative estimate of drug-likeness (QED) is 0.862. The number of morpholine rings is 1. The maximum Gasteiger partial charge on any atom is 0.410 e. The van der Waals surface area contributed by atoms with Crippen molar-refractivity contribution in [3.05, 3.63) is 59.7 Å². The van der Waals surface area contributed by atoms with E-state index in [1.165, 1.54) is 11.1 Å². The Labute approximate surface area is 169 Å². The molecule has 1 amide bonds. The van der Waals surface area contributed by atoms with Gasteiger partial charge in [-0.15, -0.1) is 0 Å². The van der Waals surface area contributed by atoms with Crippen LogP contribution in [0.15, 0.2) is 48.5 Å². The predicted octanol–water partition coefficient (Wildman–Crippen LogP) is 3.64. The third kappa shape index (κ3) is 2.90. The van der Waals surface area contributed by atoms with Crippen LogP contribution in [0, 0.1) is 0 Å². The van der Waals surface area contributed by atoms with Crippen LogP contribution in [-0.4, -0.2) is 53.5 Å². The molecule has 29 heavy (non-hydrogen) atoms. The zero-order valence-electron chi connectivity index (χ0n) is 16.0. The van der Waals surface area contributed by atoms with Gasteiger partial charge in [0.15, 0.2) is 6.10 Å². The lowest BCUT2D eigenvalue weighted by molar-refractivity contribution is -0.171. The van der Waals surface area contributed by atoms with Crippen LogP contribution < -0.4 is 0 Å². The van der Waals surface area contributed by atoms with E-state index in [0.29, 0.717) is 0 Å². The van der Waals surface area contributed by atoms with Crippen LogP contribution in [0.4, 0.5) is 4.79 Å². The van der Waals surface area contributed by atoms with Crippen molar-refractivity contribution in [1.82, 2.24) is 4.90 Å². The smallest absolute Gasteiger partial charge is 0.410 e. The predicted molar refractivity (Wildman–Crippen MR) is 106 cm³/mol. The Morgan fingerprint density at radius 1 is 1.07 bits per heavy atom. The fraction of sp³-hybridized carbons (Fsp3) is 0.391. The second-order valence-electron chi connectivity index (χ2n) is 8.13. The van der Waals surface area contributed by atoms with E-state index in [0.717, 1.165) is 30.4 Å². The number of carboxylic acid groups (broad SMARTS) is 1. The largest absolute Gasteiger partial charge is 0.479 e. The molecule has 1 atom stereocenters. The zero-order valence-corrected chi connectivity index (χ0v) is 16.0. The van der Waals surface area contributed by atoms with E-state index < -0.39 is 23.7 Å². The van der Waals surface area contributed by atoms with Crippen molar-refractivity contribution < 1.29 is 24.2 Å². The lowest BCUT2D eigenvalue weighted by Crippen LogP contribution is -2.65. The summed E-state index contributed by atoms with van der Waals surface area (Å²) in [6.45, 7) is 0.526. The average Bonchev–Trinajstić information content (AvgIpc) is 3.04. The molecule has 0 bridgehead atoms. The van der Waals surface area contributed by atoms with Crippen LogP contribution in [0.5, 0.6) is 0 Å². The van der Waals surface area contributed by atoms with Crippen LogP contribution in [-0.2, 0) is 14.3 Å². The van der Waals surface area contributed by atoms with Gasteiger partial charge in [0.1, 0.15) is 6.61 Å². The number of carbonyl (C=O) groups is 2. The molecular weight excluding hydrogens is 370 g/mol. The van der Waals surface area contributed by atoms with Crippen LogP contribution >= 0.6 is 0 Å². The van der Waals surface area contributed by atoms with E-state index in [1.54, 1.807) is 4.90 Å². The third-order valence-corrected chi connectivity index (χ3v) is 6.59. The van der Waals surface area contributed by atoms with Crippen molar-refractivity contribution in [3.8, 4) is 11.1 Å². The van der Waals surface area contributed by atoms with Gasteiger partial charge in [0.25, 0.3) is 0 Å². The molecule has 1 spiro atoms. The van der Waals surface area contributed by atoms with Crippen molar-refractivity contribution >= 4 is 12.1 Å². The number of benzene rings is 2. The van der Waals surface area contributed by atoms with Gasteiger partial charge in [-0.3, -0.25) is 4.90 Å². The van der Waals surface area contributed by atoms with Crippen molar-refractivity contribution in [1.29, 1.82) is 0 Å². The highest BCUT2D eigenvalue weighted by atomic mass is 16.6. The molecule has 150 valence electrons. The third-order valence-electron chi connectivity index (χ3n) is 6.59. The van der Waals surface area contributed by atoms with Gasteiger partial charge in [-0.2, -0.15) is 0 Å². The fourth-order valence-electron chi connectivity index (χ4n) is 4.83. The number of carboxylic acids is 1. The van der Waals surface area contributed by atoms with Gasteiger partial charge in [-0.25, -0.2) is 9.59 Å². The van der Waals surface area contributed by atoms with Crippen molar-refractivity contribution in [3.63, 3.8) is 0 Å². The Hall–Kier alpha value is -2.86. The summed E-state index contributed by atoms with van der Waals surface area (Å²) in [5.74, 6) is -1.06. The van der Waals surface area contributed by atoms with Crippen molar-refractivity contribution in [2.75, 3.05) is 19.8 Å². The average molecular weight is 393 g/mol. The molecule has 1 aliphatic heterocycles. The van der Waals surface area contributed by atoms with Gasteiger partial charge in [0, 0.05) is 5.92 Å². The number of hydrogen-bond acceptors (Lipinski definition) is 4. The molecular formula is C23H23NO5. The minimum absolute atomic E-state index is 0.0139. The minimum atomic E-state index is -1.05. The summed E-state index contributed by atoms with van der Waals surface area (Å²) in [6, 6.07) is 16.4. The maximum absolute atomic E-state index is 13.0. The van der Waals surface area contributed by atoms with Crippen LogP contribution in [0.25, 0.3) is 11.1 Å². The Kier molecular flexibility index (Phi) is 4.32.